The number of rotatable bonds is 3. The van der Waals surface area contributed by atoms with Gasteiger partial charge in [-0.05, 0) is 79.7 Å². The summed E-state index contributed by atoms with van der Waals surface area (Å²) in [7, 11) is 0. The van der Waals surface area contributed by atoms with Gasteiger partial charge >= 0.3 is 17.6 Å². The third-order valence-corrected chi connectivity index (χ3v) is 10.6. The second-order valence-electron chi connectivity index (χ2n) is 12.2. The molecule has 0 unspecified atom stereocenters. The van der Waals surface area contributed by atoms with Crippen molar-refractivity contribution in [3.05, 3.63) is 34.4 Å². The molecular formula is C28H38O8. The van der Waals surface area contributed by atoms with Crippen LogP contribution in [0.25, 0.3) is 0 Å². The molecule has 4 saturated carbocycles. The van der Waals surface area contributed by atoms with Crippen molar-refractivity contribution in [2.45, 2.75) is 102 Å². The number of aliphatic hydroxyl groups excluding tert-OH is 1. The number of hydrogen-bond donors (Lipinski definition) is 2. The van der Waals surface area contributed by atoms with Gasteiger partial charge in [0.25, 0.3) is 0 Å². The van der Waals surface area contributed by atoms with Gasteiger partial charge in [0, 0.05) is 31.2 Å². The Labute approximate surface area is 211 Å². The number of fused-ring (bicyclic) bond motifs is 5. The summed E-state index contributed by atoms with van der Waals surface area (Å²) in [5.74, 6) is -0.885. The van der Waals surface area contributed by atoms with Crippen molar-refractivity contribution in [1.29, 1.82) is 0 Å². The van der Waals surface area contributed by atoms with Crippen molar-refractivity contribution in [2.24, 2.45) is 28.6 Å². The van der Waals surface area contributed by atoms with Gasteiger partial charge in [-0.1, -0.05) is 13.8 Å². The Bertz CT molecular complexity index is 1080. The zero-order chi connectivity index (χ0) is 26.0. The van der Waals surface area contributed by atoms with E-state index in [1.807, 2.05) is 6.92 Å². The largest absolute Gasteiger partial charge is 0.463 e. The second-order valence-corrected chi connectivity index (χ2v) is 12.2. The molecule has 8 nitrogen and oxygen atoms in total. The summed E-state index contributed by atoms with van der Waals surface area (Å²) < 4.78 is 16.4. The molecule has 10 atom stereocenters. The van der Waals surface area contributed by atoms with E-state index in [2.05, 4.69) is 6.92 Å². The fourth-order valence-electron chi connectivity index (χ4n) is 9.02. The molecule has 1 aromatic rings. The van der Waals surface area contributed by atoms with E-state index in [4.69, 9.17) is 13.9 Å². The van der Waals surface area contributed by atoms with Crippen LogP contribution in [0.15, 0.2) is 27.6 Å². The summed E-state index contributed by atoms with van der Waals surface area (Å²) >= 11 is 0. The second kappa shape index (κ2) is 8.69. The maximum Gasteiger partial charge on any atom is 0.335 e. The minimum Gasteiger partial charge on any atom is -0.463 e. The first-order valence-corrected chi connectivity index (χ1v) is 13.3. The van der Waals surface area contributed by atoms with E-state index in [0.29, 0.717) is 17.9 Å². The predicted molar refractivity (Wildman–Crippen MR) is 129 cm³/mol. The first-order valence-electron chi connectivity index (χ1n) is 13.3. The van der Waals surface area contributed by atoms with Crippen LogP contribution in [0.2, 0.25) is 0 Å². The van der Waals surface area contributed by atoms with Gasteiger partial charge in [0.1, 0.15) is 23.9 Å². The fourth-order valence-corrected chi connectivity index (χ4v) is 9.02. The number of esters is 2. The molecule has 0 radical (unpaired) electrons. The molecule has 4 fully saturated rings. The molecule has 1 aromatic heterocycles. The van der Waals surface area contributed by atoms with Crippen LogP contribution in [0, 0.1) is 28.6 Å². The van der Waals surface area contributed by atoms with Gasteiger partial charge in [-0.25, -0.2) is 4.79 Å². The van der Waals surface area contributed by atoms with Crippen molar-refractivity contribution >= 4 is 11.9 Å². The van der Waals surface area contributed by atoms with Crippen LogP contribution in [0.1, 0.15) is 84.1 Å². The van der Waals surface area contributed by atoms with Crippen molar-refractivity contribution in [3.8, 4) is 0 Å². The fraction of sp³-hybridized carbons (Fsp3) is 0.750. The van der Waals surface area contributed by atoms with E-state index in [9.17, 15) is 24.6 Å². The topological polar surface area (TPSA) is 123 Å². The molecule has 5 rings (SSSR count). The van der Waals surface area contributed by atoms with Crippen LogP contribution in [0.5, 0.6) is 0 Å². The highest BCUT2D eigenvalue weighted by atomic mass is 16.6. The van der Waals surface area contributed by atoms with Crippen LogP contribution in [0.4, 0.5) is 0 Å². The van der Waals surface area contributed by atoms with E-state index >= 15 is 0 Å². The van der Waals surface area contributed by atoms with E-state index < -0.39 is 40.7 Å². The van der Waals surface area contributed by atoms with Gasteiger partial charge in [-0.3, -0.25) is 9.59 Å². The zero-order valence-electron chi connectivity index (χ0n) is 21.6. The Morgan fingerprint density at radius 2 is 1.72 bits per heavy atom. The number of aliphatic hydroxyl groups is 2. The van der Waals surface area contributed by atoms with Crippen molar-refractivity contribution in [2.75, 3.05) is 0 Å². The Morgan fingerprint density at radius 1 is 1.00 bits per heavy atom. The number of carbonyl (C=O) groups excluding carboxylic acids is 2. The molecule has 0 aromatic carbocycles. The van der Waals surface area contributed by atoms with E-state index in [-0.39, 0.29) is 29.3 Å². The van der Waals surface area contributed by atoms with E-state index in [1.165, 1.54) is 26.2 Å². The number of hydrogen-bond acceptors (Lipinski definition) is 8. The van der Waals surface area contributed by atoms with Crippen LogP contribution < -0.4 is 5.63 Å². The summed E-state index contributed by atoms with van der Waals surface area (Å²) in [5.41, 5.74) is -2.14. The molecule has 0 bridgehead atoms. The molecule has 0 amide bonds. The van der Waals surface area contributed by atoms with Gasteiger partial charge in [-0.2, -0.15) is 0 Å². The van der Waals surface area contributed by atoms with E-state index in [1.54, 1.807) is 6.07 Å². The molecule has 8 heteroatoms. The first kappa shape index (κ1) is 25.5. The normalized spacial score (nSPS) is 45.7. The maximum absolute atomic E-state index is 12.6. The Morgan fingerprint density at radius 3 is 2.36 bits per heavy atom. The van der Waals surface area contributed by atoms with Gasteiger partial charge in [0.05, 0.1) is 6.26 Å². The highest BCUT2D eigenvalue weighted by molar-refractivity contribution is 5.66. The quantitative estimate of drug-likeness (QED) is 0.604. The van der Waals surface area contributed by atoms with Crippen LogP contribution >= 0.6 is 0 Å². The summed E-state index contributed by atoms with van der Waals surface area (Å²) in [6.45, 7) is 7.05. The molecular weight excluding hydrogens is 464 g/mol. The minimum absolute atomic E-state index is 0.0368. The van der Waals surface area contributed by atoms with Gasteiger partial charge in [-0.15, -0.1) is 0 Å². The Kier molecular flexibility index (Phi) is 6.15. The van der Waals surface area contributed by atoms with Gasteiger partial charge < -0.3 is 24.1 Å². The molecule has 2 N–H and O–H groups in total. The van der Waals surface area contributed by atoms with E-state index in [0.717, 1.165) is 38.5 Å². The number of carbonyl (C=O) groups is 2. The average Bonchev–Trinajstić information content (AvgIpc) is 2.97. The lowest BCUT2D eigenvalue weighted by atomic mass is 9.43. The third kappa shape index (κ3) is 3.58. The molecule has 4 aliphatic rings. The minimum atomic E-state index is -1.47. The summed E-state index contributed by atoms with van der Waals surface area (Å²) in [4.78, 5) is 35.3. The predicted octanol–water partition coefficient (Wildman–Crippen LogP) is 3.33. The summed E-state index contributed by atoms with van der Waals surface area (Å²) in [6.07, 6.45) is 4.76. The maximum atomic E-state index is 12.6. The average molecular weight is 503 g/mol. The van der Waals surface area contributed by atoms with Crippen molar-refractivity contribution < 1.29 is 33.7 Å². The lowest BCUT2D eigenvalue weighted by molar-refractivity contribution is -0.237. The molecule has 0 spiro atoms. The van der Waals surface area contributed by atoms with Crippen LogP contribution in [0.3, 0.4) is 0 Å². The van der Waals surface area contributed by atoms with Crippen LogP contribution in [-0.4, -0.2) is 46.1 Å². The third-order valence-electron chi connectivity index (χ3n) is 10.6. The smallest absolute Gasteiger partial charge is 0.335 e. The monoisotopic (exact) mass is 502 g/mol. The molecule has 198 valence electrons. The van der Waals surface area contributed by atoms with Crippen molar-refractivity contribution in [1.82, 2.24) is 0 Å². The van der Waals surface area contributed by atoms with Gasteiger partial charge in [0.2, 0.25) is 0 Å². The molecule has 36 heavy (non-hydrogen) atoms. The SMILES string of the molecule is CC(=O)O[C@H]1CC[C@@]2(C)[C@H](CC[C@@H]3[C@@H]2CC[C@]2(C)[C@@H](c4ccc(=O)oc4)[C@@H](OC(C)=O)[C@@H](O)[C@]32O)C1. The molecule has 4 aliphatic carbocycles. The first-order chi connectivity index (χ1) is 16.9. The lowest BCUT2D eigenvalue weighted by Crippen LogP contribution is -2.65. The lowest BCUT2D eigenvalue weighted by Gasteiger charge is -2.63. The highest BCUT2D eigenvalue weighted by Gasteiger charge is 2.74. The molecule has 0 saturated heterocycles. The van der Waals surface area contributed by atoms with Crippen molar-refractivity contribution in [3.63, 3.8) is 0 Å². The molecule has 0 aliphatic heterocycles. The number of ether oxygens (including phenoxy) is 2. The standard InChI is InChI=1S/C28H38O8/c1-15(29)35-19-9-11-26(3)18(13-19)6-7-21-20(26)10-12-27(4)23(17-5-8-22(31)34-14-17)24(36-16(2)30)25(32)28(21,27)33/h5,8,14,18-21,23-25,32-33H,6-7,9-13H2,1-4H3/t18-,19+,20+,21-,23+,24-,25-,26+,27-,28-/m1/s1. The summed E-state index contributed by atoms with van der Waals surface area (Å²) in [6, 6.07) is 2.98. The Balaban J connectivity index is 1.52. The molecule has 1 heterocycles. The van der Waals surface area contributed by atoms with Gasteiger partial charge in [0.15, 0.2) is 0 Å². The summed E-state index contributed by atoms with van der Waals surface area (Å²) in [5, 5.41) is 24.3. The van der Waals surface area contributed by atoms with Crippen LogP contribution in [-0.2, 0) is 19.1 Å². The zero-order valence-corrected chi connectivity index (χ0v) is 21.6. The Hall–Kier alpha value is -2.19. The highest BCUT2D eigenvalue weighted by Crippen LogP contribution is 2.71.